The maximum atomic E-state index is 12.4. The van der Waals surface area contributed by atoms with Gasteiger partial charge in [0.15, 0.2) is 11.5 Å². The molecule has 1 aliphatic heterocycles. The van der Waals surface area contributed by atoms with Gasteiger partial charge in [0.2, 0.25) is 5.91 Å². The Morgan fingerprint density at radius 2 is 1.96 bits per heavy atom. The van der Waals surface area contributed by atoms with Gasteiger partial charge in [-0.3, -0.25) is 4.79 Å². The third-order valence-corrected chi connectivity index (χ3v) is 4.46. The summed E-state index contributed by atoms with van der Waals surface area (Å²) in [6, 6.07) is 13.3. The summed E-state index contributed by atoms with van der Waals surface area (Å²) in [6.07, 6.45) is 0.857. The summed E-state index contributed by atoms with van der Waals surface area (Å²) in [5, 5.41) is 2.97. The number of carbonyl (C=O) groups excluding carboxylic acids is 1. The minimum Gasteiger partial charge on any atom is -0.497 e. The van der Waals surface area contributed by atoms with E-state index in [1.165, 1.54) is 0 Å². The van der Waals surface area contributed by atoms with Crippen LogP contribution in [0.3, 0.4) is 0 Å². The number of fused-ring (bicyclic) bond motifs is 1. The lowest BCUT2D eigenvalue weighted by atomic mass is 10.1. The zero-order valence-electron chi connectivity index (χ0n) is 13.5. The molecule has 1 saturated carbocycles. The number of carbonyl (C=O) groups is 1. The van der Waals surface area contributed by atoms with E-state index in [-0.39, 0.29) is 17.7 Å². The van der Waals surface area contributed by atoms with Crippen LogP contribution in [0.15, 0.2) is 42.5 Å². The summed E-state index contributed by atoms with van der Waals surface area (Å²) in [4.78, 5) is 12.4. The minimum atomic E-state index is -0.00115. The van der Waals surface area contributed by atoms with E-state index in [0.717, 1.165) is 34.9 Å². The molecule has 1 heterocycles. The molecule has 0 radical (unpaired) electrons. The molecule has 0 aromatic heterocycles. The van der Waals surface area contributed by atoms with E-state index in [1.807, 2.05) is 42.5 Å². The predicted octanol–water partition coefficient (Wildman–Crippen LogP) is 3.21. The van der Waals surface area contributed by atoms with Gasteiger partial charge in [-0.2, -0.15) is 0 Å². The Labute approximate surface area is 140 Å². The van der Waals surface area contributed by atoms with E-state index in [2.05, 4.69) is 5.32 Å². The number of ether oxygens (including phenoxy) is 3. The molecule has 0 unspecified atom stereocenters. The molecule has 5 nitrogen and oxygen atoms in total. The van der Waals surface area contributed by atoms with Gasteiger partial charge < -0.3 is 19.5 Å². The van der Waals surface area contributed by atoms with Crippen molar-refractivity contribution in [3.63, 3.8) is 0 Å². The molecule has 124 valence electrons. The molecular weight excluding hydrogens is 306 g/mol. The van der Waals surface area contributed by atoms with Gasteiger partial charge in [0.25, 0.3) is 0 Å². The quantitative estimate of drug-likeness (QED) is 0.938. The highest BCUT2D eigenvalue weighted by molar-refractivity contribution is 5.95. The highest BCUT2D eigenvalue weighted by Gasteiger charge is 2.44. The first-order valence-corrected chi connectivity index (χ1v) is 8.09. The molecule has 1 amide bonds. The van der Waals surface area contributed by atoms with Gasteiger partial charge in [-0.25, -0.2) is 0 Å². The Balaban J connectivity index is 1.43. The van der Waals surface area contributed by atoms with Crippen LogP contribution in [0.2, 0.25) is 0 Å². The van der Waals surface area contributed by atoms with Crippen LogP contribution in [0.25, 0.3) is 0 Å². The van der Waals surface area contributed by atoms with Crippen LogP contribution in [0.5, 0.6) is 17.2 Å². The minimum absolute atomic E-state index is 0.00115. The number of nitrogens with one attached hydrogen (secondary N) is 1. The number of hydrogen-bond acceptors (Lipinski definition) is 4. The van der Waals surface area contributed by atoms with Crippen molar-refractivity contribution in [3.05, 3.63) is 48.0 Å². The van der Waals surface area contributed by atoms with E-state index in [9.17, 15) is 4.79 Å². The van der Waals surface area contributed by atoms with Crippen LogP contribution in [0, 0.1) is 5.92 Å². The van der Waals surface area contributed by atoms with Crippen LogP contribution in [0.4, 0.5) is 5.69 Å². The molecule has 2 aromatic rings. The topological polar surface area (TPSA) is 56.8 Å². The van der Waals surface area contributed by atoms with Gasteiger partial charge in [0.1, 0.15) is 19.0 Å². The summed E-state index contributed by atoms with van der Waals surface area (Å²) in [6.45, 7) is 1.15. The number of rotatable bonds is 4. The van der Waals surface area contributed by atoms with Crippen molar-refractivity contribution in [1.29, 1.82) is 0 Å². The molecule has 2 aliphatic rings. The highest BCUT2D eigenvalue weighted by Crippen LogP contribution is 2.49. The molecule has 1 fully saturated rings. The van der Waals surface area contributed by atoms with Crippen LogP contribution in [-0.4, -0.2) is 26.2 Å². The number of hydrogen-bond donors (Lipinski definition) is 1. The van der Waals surface area contributed by atoms with Gasteiger partial charge in [-0.15, -0.1) is 0 Å². The molecule has 2 atom stereocenters. The first-order chi connectivity index (χ1) is 11.7. The van der Waals surface area contributed by atoms with E-state index < -0.39 is 0 Å². The summed E-state index contributed by atoms with van der Waals surface area (Å²) in [7, 11) is 1.61. The van der Waals surface area contributed by atoms with Gasteiger partial charge in [-0.05, 0) is 42.2 Å². The lowest BCUT2D eigenvalue weighted by molar-refractivity contribution is -0.117. The molecule has 5 heteroatoms. The molecule has 24 heavy (non-hydrogen) atoms. The third kappa shape index (κ3) is 2.89. The maximum absolute atomic E-state index is 12.4. The zero-order valence-corrected chi connectivity index (χ0v) is 13.5. The second-order valence-electron chi connectivity index (χ2n) is 6.07. The summed E-state index contributed by atoms with van der Waals surface area (Å²) in [5.41, 5.74) is 1.89. The molecule has 4 rings (SSSR count). The maximum Gasteiger partial charge on any atom is 0.228 e. The number of methoxy groups -OCH3 is 1. The fraction of sp³-hybridized carbons (Fsp3) is 0.316. The number of anilines is 1. The molecule has 0 bridgehead atoms. The van der Waals surface area contributed by atoms with Crippen molar-refractivity contribution < 1.29 is 19.0 Å². The Bertz CT molecular complexity index is 774. The van der Waals surface area contributed by atoms with Crippen LogP contribution < -0.4 is 19.5 Å². The predicted molar refractivity (Wildman–Crippen MR) is 89.9 cm³/mol. The fourth-order valence-corrected chi connectivity index (χ4v) is 3.08. The normalized spacial score (nSPS) is 21.0. The highest BCUT2D eigenvalue weighted by atomic mass is 16.6. The number of amides is 1. The van der Waals surface area contributed by atoms with E-state index >= 15 is 0 Å². The Kier molecular flexibility index (Phi) is 3.76. The SMILES string of the molecule is COc1cccc(NC(=O)[C@H]2C[C@H]2c2ccc3c(c2)OCCO3)c1. The largest absolute Gasteiger partial charge is 0.497 e. The fourth-order valence-electron chi connectivity index (χ4n) is 3.08. The summed E-state index contributed by atoms with van der Waals surface area (Å²) in [5.74, 6) is 2.57. The monoisotopic (exact) mass is 325 g/mol. The van der Waals surface area contributed by atoms with Crippen LogP contribution in [-0.2, 0) is 4.79 Å². The molecule has 2 aromatic carbocycles. The summed E-state index contributed by atoms with van der Waals surface area (Å²) >= 11 is 0. The lowest BCUT2D eigenvalue weighted by Crippen LogP contribution is -2.16. The smallest absolute Gasteiger partial charge is 0.228 e. The summed E-state index contributed by atoms with van der Waals surface area (Å²) < 4.78 is 16.3. The molecule has 0 saturated heterocycles. The van der Waals surface area contributed by atoms with Gasteiger partial charge in [0.05, 0.1) is 7.11 Å². The van der Waals surface area contributed by atoms with Crippen molar-refractivity contribution >= 4 is 11.6 Å². The zero-order chi connectivity index (χ0) is 16.5. The van der Waals surface area contributed by atoms with Crippen LogP contribution >= 0.6 is 0 Å². The average molecular weight is 325 g/mol. The Morgan fingerprint density at radius 3 is 2.79 bits per heavy atom. The molecule has 1 N–H and O–H groups in total. The second kappa shape index (κ2) is 6.07. The lowest BCUT2D eigenvalue weighted by Gasteiger charge is -2.18. The Morgan fingerprint density at radius 1 is 1.12 bits per heavy atom. The van der Waals surface area contributed by atoms with Gasteiger partial charge in [0, 0.05) is 17.7 Å². The van der Waals surface area contributed by atoms with Crippen molar-refractivity contribution in [2.45, 2.75) is 12.3 Å². The molecule has 1 aliphatic carbocycles. The van der Waals surface area contributed by atoms with Crippen molar-refractivity contribution in [3.8, 4) is 17.2 Å². The Hall–Kier alpha value is -2.69. The van der Waals surface area contributed by atoms with Crippen molar-refractivity contribution in [1.82, 2.24) is 0 Å². The van der Waals surface area contributed by atoms with Gasteiger partial charge in [-0.1, -0.05) is 12.1 Å². The van der Waals surface area contributed by atoms with Crippen molar-refractivity contribution in [2.24, 2.45) is 5.92 Å². The second-order valence-corrected chi connectivity index (χ2v) is 6.07. The van der Waals surface area contributed by atoms with E-state index in [4.69, 9.17) is 14.2 Å². The van der Waals surface area contributed by atoms with Crippen molar-refractivity contribution in [2.75, 3.05) is 25.6 Å². The standard InChI is InChI=1S/C19H19NO4/c1-22-14-4-2-3-13(10-14)20-19(21)16-11-15(16)12-5-6-17-18(9-12)24-8-7-23-17/h2-6,9-10,15-16H,7-8,11H2,1H3,(H,20,21)/t15-,16-/m0/s1. The first kappa shape index (κ1) is 14.9. The average Bonchev–Trinajstić information content (AvgIpc) is 3.42. The third-order valence-electron chi connectivity index (χ3n) is 4.46. The first-order valence-electron chi connectivity index (χ1n) is 8.09. The van der Waals surface area contributed by atoms with E-state index in [0.29, 0.717) is 13.2 Å². The van der Waals surface area contributed by atoms with E-state index in [1.54, 1.807) is 7.11 Å². The molecular formula is C19H19NO4. The molecule has 0 spiro atoms. The van der Waals surface area contributed by atoms with Gasteiger partial charge >= 0.3 is 0 Å². The number of benzene rings is 2. The van der Waals surface area contributed by atoms with Crippen LogP contribution in [0.1, 0.15) is 17.9 Å².